The fourth-order valence-corrected chi connectivity index (χ4v) is 8.22. The van der Waals surface area contributed by atoms with Crippen LogP contribution in [0.3, 0.4) is 0 Å². The van der Waals surface area contributed by atoms with Crippen molar-refractivity contribution in [2.45, 2.75) is 81.1 Å². The lowest BCUT2D eigenvalue weighted by atomic mass is 9.87. The van der Waals surface area contributed by atoms with E-state index in [1.165, 1.54) is 18.3 Å². The fraction of sp³-hybridized carbons (Fsp3) is 0.400. The van der Waals surface area contributed by atoms with Gasteiger partial charge in [0.1, 0.15) is 29.6 Å². The van der Waals surface area contributed by atoms with Crippen molar-refractivity contribution < 1.29 is 39.6 Å². The number of unbranched alkanes of at least 4 members (excludes halogenated alkanes) is 2. The summed E-state index contributed by atoms with van der Waals surface area (Å²) in [6.07, 6.45) is 0.237. The smallest absolute Gasteiger partial charge is 0.293 e. The number of pyridine rings is 1. The summed E-state index contributed by atoms with van der Waals surface area (Å²) in [5, 5.41) is 3.75. The topological polar surface area (TPSA) is 81.9 Å². The van der Waals surface area contributed by atoms with Gasteiger partial charge in [-0.3, -0.25) is 14.5 Å². The Morgan fingerprint density at radius 2 is 1.73 bits per heavy atom. The van der Waals surface area contributed by atoms with Crippen LogP contribution in [-0.2, 0) is 33.5 Å². The summed E-state index contributed by atoms with van der Waals surface area (Å²) < 4.78 is 113. The van der Waals surface area contributed by atoms with Gasteiger partial charge in [0.2, 0.25) is 0 Å². The van der Waals surface area contributed by atoms with E-state index >= 15 is 8.78 Å². The highest BCUT2D eigenvalue weighted by atomic mass is 32.2. The Hall–Kier alpha value is -4.00. The summed E-state index contributed by atoms with van der Waals surface area (Å²) >= 11 is 0. The number of halogens is 6. The number of alkyl halides is 4. The molecule has 0 amide bonds. The molecule has 2 heterocycles. The molecule has 254 valence electrons. The number of Topliss-reactive ketones (excluding diaryl/α,β-unsaturated/α-hetero) is 1. The summed E-state index contributed by atoms with van der Waals surface area (Å²) in [6.45, 7) is 1.27. The number of sulfone groups is 1. The average molecular weight is 690 g/mol. The number of fused-ring (bicyclic) bond motifs is 3. The predicted octanol–water partition coefficient (Wildman–Crippen LogP) is 8.32. The Bertz CT molecular complexity index is 1930. The van der Waals surface area contributed by atoms with Crippen LogP contribution in [0.15, 0.2) is 65.7 Å². The van der Waals surface area contributed by atoms with Gasteiger partial charge in [0.25, 0.3) is 12.3 Å². The Balaban J connectivity index is 1.32. The average Bonchev–Trinajstić information content (AvgIpc) is 3.69. The van der Waals surface area contributed by atoms with E-state index in [-0.39, 0.29) is 41.0 Å². The Kier molecular flexibility index (Phi) is 9.27. The molecule has 2 aliphatic rings. The van der Waals surface area contributed by atoms with Crippen LogP contribution in [0.4, 0.5) is 26.3 Å². The van der Waals surface area contributed by atoms with Gasteiger partial charge in [-0.1, -0.05) is 38.0 Å². The molecular weight excluding hydrogens is 656 g/mol. The first kappa shape index (κ1) is 33.9. The molecule has 3 atom stereocenters. The maximum Gasteiger partial charge on any atom is 0.293 e. The van der Waals surface area contributed by atoms with Crippen molar-refractivity contribution >= 4 is 15.6 Å². The summed E-state index contributed by atoms with van der Waals surface area (Å²) in [5.74, 6) is -8.31. The van der Waals surface area contributed by atoms with Crippen LogP contribution in [0.1, 0.15) is 85.5 Å². The van der Waals surface area contributed by atoms with Crippen molar-refractivity contribution in [3.63, 3.8) is 0 Å². The van der Waals surface area contributed by atoms with Crippen LogP contribution in [0.25, 0.3) is 11.1 Å². The van der Waals surface area contributed by atoms with Crippen molar-refractivity contribution in [2.24, 2.45) is 5.92 Å². The first-order valence-corrected chi connectivity index (χ1v) is 17.5. The molecule has 4 aromatic rings. The number of hydrogen-bond donors (Lipinski definition) is 0. The van der Waals surface area contributed by atoms with Gasteiger partial charge in [-0.15, -0.1) is 0 Å². The van der Waals surface area contributed by atoms with Crippen molar-refractivity contribution in [1.29, 1.82) is 0 Å². The molecule has 2 aromatic heterocycles. The molecule has 6 rings (SSSR count). The van der Waals surface area contributed by atoms with Crippen molar-refractivity contribution in [3.8, 4) is 11.1 Å². The second kappa shape index (κ2) is 13.1. The highest BCUT2D eigenvalue weighted by Crippen LogP contribution is 2.68. The van der Waals surface area contributed by atoms with E-state index in [9.17, 15) is 30.8 Å². The summed E-state index contributed by atoms with van der Waals surface area (Å²) in [4.78, 5) is 18.2. The molecule has 0 bridgehead atoms. The van der Waals surface area contributed by atoms with Crippen molar-refractivity contribution in [2.75, 3.05) is 5.75 Å². The molecular formula is C35H33F6N3O3S. The number of benzene rings is 2. The van der Waals surface area contributed by atoms with Gasteiger partial charge in [-0.2, -0.15) is 13.9 Å². The highest BCUT2D eigenvalue weighted by molar-refractivity contribution is 7.91. The zero-order valence-corrected chi connectivity index (χ0v) is 26.8. The maximum absolute atomic E-state index is 15.1. The monoisotopic (exact) mass is 689 g/mol. The van der Waals surface area contributed by atoms with Crippen molar-refractivity contribution in [1.82, 2.24) is 14.8 Å². The summed E-state index contributed by atoms with van der Waals surface area (Å²) in [6, 6.07) is 12.5. The molecule has 1 fully saturated rings. The fourth-order valence-electron chi connectivity index (χ4n) is 6.85. The third-order valence-electron chi connectivity index (χ3n) is 9.14. The quantitative estimate of drug-likeness (QED) is 0.0983. The first-order valence-electron chi connectivity index (χ1n) is 15.8. The van der Waals surface area contributed by atoms with Gasteiger partial charge in [-0.05, 0) is 66.6 Å². The lowest BCUT2D eigenvalue weighted by Crippen LogP contribution is -2.24. The zero-order chi connectivity index (χ0) is 34.4. The molecule has 0 radical (unpaired) electrons. The van der Waals surface area contributed by atoms with E-state index in [2.05, 4.69) is 10.1 Å². The summed E-state index contributed by atoms with van der Waals surface area (Å²) in [7, 11) is -3.51. The molecule has 2 aromatic carbocycles. The Morgan fingerprint density at radius 1 is 1.02 bits per heavy atom. The Labute approximate surface area is 274 Å². The van der Waals surface area contributed by atoms with E-state index in [0.29, 0.717) is 34.0 Å². The molecule has 2 aliphatic carbocycles. The number of nitrogens with zero attached hydrogens (tertiary/aromatic N) is 3. The minimum absolute atomic E-state index is 0.0121. The zero-order valence-electron chi connectivity index (χ0n) is 26.0. The predicted molar refractivity (Wildman–Crippen MR) is 166 cm³/mol. The van der Waals surface area contributed by atoms with E-state index in [4.69, 9.17) is 0 Å². The largest absolute Gasteiger partial charge is 0.298 e. The van der Waals surface area contributed by atoms with E-state index in [1.807, 2.05) is 6.92 Å². The second-order valence-electron chi connectivity index (χ2n) is 12.6. The molecule has 13 heteroatoms. The Morgan fingerprint density at radius 3 is 2.40 bits per heavy atom. The van der Waals surface area contributed by atoms with Gasteiger partial charge in [0.05, 0.1) is 16.3 Å². The minimum Gasteiger partial charge on any atom is -0.298 e. The first-order chi connectivity index (χ1) is 22.8. The van der Waals surface area contributed by atoms with Gasteiger partial charge >= 0.3 is 0 Å². The molecule has 0 spiro atoms. The van der Waals surface area contributed by atoms with E-state index < -0.39 is 75.3 Å². The molecule has 2 unspecified atom stereocenters. The van der Waals surface area contributed by atoms with Crippen LogP contribution in [0.2, 0.25) is 0 Å². The van der Waals surface area contributed by atoms with Crippen LogP contribution >= 0.6 is 0 Å². The molecule has 0 aliphatic heterocycles. The van der Waals surface area contributed by atoms with Gasteiger partial charge in [0, 0.05) is 41.6 Å². The van der Waals surface area contributed by atoms with E-state index in [0.717, 1.165) is 25.0 Å². The van der Waals surface area contributed by atoms with Crippen LogP contribution in [0, 0.1) is 17.6 Å². The summed E-state index contributed by atoms with van der Waals surface area (Å²) in [5.41, 5.74) is 0.0769. The number of carbonyl (C=O) groups is 1. The van der Waals surface area contributed by atoms with Crippen LogP contribution in [0.5, 0.6) is 0 Å². The van der Waals surface area contributed by atoms with Crippen LogP contribution in [-0.4, -0.2) is 34.7 Å². The molecule has 6 nitrogen and oxygen atoms in total. The van der Waals surface area contributed by atoms with Gasteiger partial charge < -0.3 is 0 Å². The number of aromatic nitrogens is 3. The molecule has 0 N–H and O–H groups in total. The van der Waals surface area contributed by atoms with Crippen molar-refractivity contribution in [3.05, 3.63) is 101 Å². The number of rotatable bonds is 14. The highest BCUT2D eigenvalue weighted by Gasteiger charge is 2.67. The van der Waals surface area contributed by atoms with Gasteiger partial charge in [-0.25, -0.2) is 26.0 Å². The number of ketones is 1. The second-order valence-corrected chi connectivity index (χ2v) is 14.7. The third-order valence-corrected chi connectivity index (χ3v) is 11.0. The minimum atomic E-state index is -3.51. The van der Waals surface area contributed by atoms with E-state index in [1.54, 1.807) is 24.3 Å². The van der Waals surface area contributed by atoms with Crippen LogP contribution < -0.4 is 0 Å². The maximum atomic E-state index is 15.1. The third kappa shape index (κ3) is 6.65. The molecule has 0 saturated heterocycles. The normalized spacial score (nSPS) is 18.5. The number of carbonyl (C=O) groups excluding carboxylic acids is 1. The lowest BCUT2D eigenvalue weighted by molar-refractivity contribution is -0.120. The standard InChI is InChI=1S/C35H33F6N3O3S/c1-2-3-4-12-48(46,47)26-9-7-21(8-10-26)27-6-5-11-42-31(27)22(13-20-14-23(36)17-24(37)15-20)16-25(45)19-44-33-30(32(43-44)34(38)39)28-18-29(28)35(33,40)41/h5-11,14-15,17,22,28-29,34H,2-4,12-13,16,18-19H2,1H3/t22-,28?,29?/m1/s1. The molecule has 1 saturated carbocycles. The SMILES string of the molecule is CCCCCS(=O)(=O)c1ccc(-c2cccnc2[C@@H](CC(=O)Cn2nc(C(F)F)c3c2C(F)(F)C2CC32)Cc2cc(F)cc(F)c2)cc1. The molecule has 48 heavy (non-hydrogen) atoms. The lowest BCUT2D eigenvalue weighted by Gasteiger charge is -2.21. The van der Waals surface area contributed by atoms with Gasteiger partial charge in [0.15, 0.2) is 15.6 Å². The number of hydrogen-bond acceptors (Lipinski definition) is 5.